The Morgan fingerprint density at radius 1 is 1.28 bits per heavy atom. The average Bonchev–Trinajstić information content (AvgIpc) is 3.12. The van der Waals surface area contributed by atoms with Gasteiger partial charge in [0.15, 0.2) is 0 Å². The Morgan fingerprint density at radius 3 is 2.92 bits per heavy atom. The molecule has 0 aliphatic rings. The summed E-state index contributed by atoms with van der Waals surface area (Å²) in [6.45, 7) is 2.33. The minimum absolute atomic E-state index is 0.00189. The largest absolute Gasteiger partial charge is 0.354 e. The van der Waals surface area contributed by atoms with E-state index in [1.807, 2.05) is 12.1 Å². The number of hydrogen-bond donors (Lipinski definition) is 1. The second-order valence-corrected chi connectivity index (χ2v) is 7.69. The Hall–Kier alpha value is -2.12. The van der Waals surface area contributed by atoms with Crippen LogP contribution in [0, 0.1) is 6.92 Å². The summed E-state index contributed by atoms with van der Waals surface area (Å²) >= 11 is 3.52. The van der Waals surface area contributed by atoms with Crippen LogP contribution in [0.25, 0.3) is 10.9 Å². The molecule has 2 aromatic heterocycles. The van der Waals surface area contributed by atoms with Gasteiger partial charge < -0.3 is 5.32 Å². The summed E-state index contributed by atoms with van der Waals surface area (Å²) < 4.78 is 1.43. The van der Waals surface area contributed by atoms with Crippen LogP contribution in [0.5, 0.6) is 0 Å². The lowest BCUT2D eigenvalue weighted by molar-refractivity contribution is -0.121. The van der Waals surface area contributed by atoms with E-state index in [4.69, 9.17) is 0 Å². The number of para-hydroxylation sites is 1. The molecule has 0 spiro atoms. The molecule has 0 unspecified atom stereocenters. The van der Waals surface area contributed by atoms with Gasteiger partial charge in [0.05, 0.1) is 10.9 Å². The van der Waals surface area contributed by atoms with Crippen LogP contribution in [-0.4, -0.2) is 27.8 Å². The van der Waals surface area contributed by atoms with E-state index in [0.717, 1.165) is 11.5 Å². The predicted octanol–water partition coefficient (Wildman–Crippen LogP) is 2.82. The van der Waals surface area contributed by atoms with Crippen molar-refractivity contribution in [3.63, 3.8) is 0 Å². The van der Waals surface area contributed by atoms with Gasteiger partial charge in [-0.25, -0.2) is 4.98 Å². The Bertz CT molecular complexity index is 920. The molecule has 1 aromatic carbocycles. The van der Waals surface area contributed by atoms with E-state index >= 15 is 0 Å². The summed E-state index contributed by atoms with van der Waals surface area (Å²) in [5.41, 5.74) is 0.483. The number of carbonyl (C=O) groups is 1. The molecule has 130 valence electrons. The highest BCUT2D eigenvalue weighted by atomic mass is 32.2. The van der Waals surface area contributed by atoms with Crippen LogP contribution in [0.4, 0.5) is 0 Å². The van der Waals surface area contributed by atoms with Gasteiger partial charge in [-0.05, 0) is 30.5 Å². The fourth-order valence-electron chi connectivity index (χ4n) is 2.49. The molecule has 0 saturated heterocycles. The van der Waals surface area contributed by atoms with Gasteiger partial charge in [-0.3, -0.25) is 14.2 Å². The minimum Gasteiger partial charge on any atom is -0.354 e. The molecule has 0 saturated carbocycles. The van der Waals surface area contributed by atoms with E-state index in [9.17, 15) is 9.59 Å². The minimum atomic E-state index is -0.176. The number of thioether (sulfide) groups is 1. The fourth-order valence-corrected chi connectivity index (χ4v) is 4.19. The van der Waals surface area contributed by atoms with Crippen molar-refractivity contribution in [3.8, 4) is 0 Å². The average molecular weight is 374 g/mol. The summed E-state index contributed by atoms with van der Waals surface area (Å²) in [6.07, 6.45) is 0. The first-order valence-electron chi connectivity index (χ1n) is 7.98. The summed E-state index contributed by atoms with van der Waals surface area (Å²) in [5, 5.41) is 5.47. The summed E-state index contributed by atoms with van der Waals surface area (Å²) in [5.74, 6) is 2.18. The maximum absolute atomic E-state index is 12.5. The van der Waals surface area contributed by atoms with E-state index in [1.165, 1.54) is 9.44 Å². The van der Waals surface area contributed by atoms with E-state index in [-0.39, 0.29) is 18.0 Å². The Balaban J connectivity index is 1.54. The number of thiophene rings is 1. The van der Waals surface area contributed by atoms with Gasteiger partial charge in [0.1, 0.15) is 12.4 Å². The second kappa shape index (κ2) is 8.31. The lowest BCUT2D eigenvalue weighted by atomic mass is 10.2. The Labute approximate surface area is 154 Å². The molecule has 0 bridgehead atoms. The monoisotopic (exact) mass is 373 g/mol. The summed E-state index contributed by atoms with van der Waals surface area (Å²) in [7, 11) is 0. The molecule has 7 heteroatoms. The number of fused-ring (bicyclic) bond motifs is 1. The molecule has 0 radical (unpaired) electrons. The van der Waals surface area contributed by atoms with Crippen molar-refractivity contribution in [2.45, 2.75) is 19.2 Å². The van der Waals surface area contributed by atoms with Crippen molar-refractivity contribution >= 4 is 39.9 Å². The number of rotatable bonds is 7. The van der Waals surface area contributed by atoms with E-state index in [1.54, 1.807) is 48.2 Å². The molecule has 0 aliphatic carbocycles. The van der Waals surface area contributed by atoms with Crippen LogP contribution in [0.1, 0.15) is 10.7 Å². The molecule has 0 atom stereocenters. The molecule has 5 nitrogen and oxygen atoms in total. The zero-order valence-electron chi connectivity index (χ0n) is 13.9. The predicted molar refractivity (Wildman–Crippen MR) is 104 cm³/mol. The molecular formula is C18H19N3O2S2. The fraction of sp³-hybridized carbons (Fsp3) is 0.278. The van der Waals surface area contributed by atoms with Crippen LogP contribution in [0.3, 0.4) is 0 Å². The number of benzene rings is 1. The lowest BCUT2D eigenvalue weighted by Gasteiger charge is -2.11. The normalized spacial score (nSPS) is 10.9. The summed E-state index contributed by atoms with van der Waals surface area (Å²) in [4.78, 5) is 30.4. The van der Waals surface area contributed by atoms with Crippen LogP contribution in [0.2, 0.25) is 0 Å². The van der Waals surface area contributed by atoms with Crippen molar-refractivity contribution in [2.75, 3.05) is 12.3 Å². The van der Waals surface area contributed by atoms with Crippen LogP contribution >= 0.6 is 23.1 Å². The molecular weight excluding hydrogens is 354 g/mol. The lowest BCUT2D eigenvalue weighted by Crippen LogP contribution is -2.34. The van der Waals surface area contributed by atoms with Gasteiger partial charge in [-0.1, -0.05) is 18.2 Å². The third kappa shape index (κ3) is 4.49. The first-order chi connectivity index (χ1) is 12.1. The number of aryl methyl sites for hydroxylation is 1. The van der Waals surface area contributed by atoms with Crippen molar-refractivity contribution in [2.24, 2.45) is 0 Å². The molecule has 25 heavy (non-hydrogen) atoms. The number of hydrogen-bond acceptors (Lipinski definition) is 5. The molecule has 1 amide bonds. The van der Waals surface area contributed by atoms with Gasteiger partial charge in [0.25, 0.3) is 5.56 Å². The Morgan fingerprint density at radius 2 is 2.12 bits per heavy atom. The standard InChI is InChI=1S/C18H19N3O2S2/c1-13-20-16-7-3-2-6-15(16)18(23)21(13)11-17(22)19-8-10-24-12-14-5-4-9-25-14/h2-7,9H,8,10-12H2,1H3,(H,19,22). The van der Waals surface area contributed by atoms with Gasteiger partial charge in [0.2, 0.25) is 5.91 Å². The molecule has 1 N–H and O–H groups in total. The molecule has 3 rings (SSSR count). The number of nitrogens with one attached hydrogen (secondary N) is 1. The zero-order chi connectivity index (χ0) is 17.6. The first-order valence-corrected chi connectivity index (χ1v) is 10.0. The van der Waals surface area contributed by atoms with E-state index < -0.39 is 0 Å². The van der Waals surface area contributed by atoms with Crippen molar-refractivity contribution in [3.05, 3.63) is 62.8 Å². The topological polar surface area (TPSA) is 64.0 Å². The number of amides is 1. The smallest absolute Gasteiger partial charge is 0.261 e. The van der Waals surface area contributed by atoms with Crippen LogP contribution in [-0.2, 0) is 17.1 Å². The maximum atomic E-state index is 12.5. The number of nitrogens with zero attached hydrogens (tertiary/aromatic N) is 2. The zero-order valence-corrected chi connectivity index (χ0v) is 15.5. The SMILES string of the molecule is Cc1nc2ccccc2c(=O)n1CC(=O)NCCSCc1cccs1. The highest BCUT2D eigenvalue weighted by molar-refractivity contribution is 7.98. The van der Waals surface area contributed by atoms with Crippen LogP contribution < -0.4 is 10.9 Å². The van der Waals surface area contributed by atoms with Gasteiger partial charge in [-0.15, -0.1) is 11.3 Å². The quantitative estimate of drug-likeness (QED) is 0.647. The first kappa shape index (κ1) is 17.7. The summed E-state index contributed by atoms with van der Waals surface area (Å²) in [6, 6.07) is 11.3. The molecule has 3 aromatic rings. The van der Waals surface area contributed by atoms with Crippen molar-refractivity contribution in [1.29, 1.82) is 0 Å². The highest BCUT2D eigenvalue weighted by Gasteiger charge is 2.11. The van der Waals surface area contributed by atoms with Gasteiger partial charge >= 0.3 is 0 Å². The highest BCUT2D eigenvalue weighted by Crippen LogP contribution is 2.16. The third-order valence-corrected chi connectivity index (χ3v) is 5.81. The van der Waals surface area contributed by atoms with Crippen molar-refractivity contribution in [1.82, 2.24) is 14.9 Å². The maximum Gasteiger partial charge on any atom is 0.261 e. The van der Waals surface area contributed by atoms with E-state index in [0.29, 0.717) is 23.3 Å². The molecule has 0 aliphatic heterocycles. The third-order valence-electron chi connectivity index (χ3n) is 3.75. The molecule has 2 heterocycles. The van der Waals surface area contributed by atoms with Crippen molar-refractivity contribution < 1.29 is 4.79 Å². The molecule has 0 fully saturated rings. The van der Waals surface area contributed by atoms with E-state index in [2.05, 4.69) is 21.7 Å². The van der Waals surface area contributed by atoms with Gasteiger partial charge in [0, 0.05) is 22.9 Å². The second-order valence-electron chi connectivity index (χ2n) is 5.55. The number of aromatic nitrogens is 2. The van der Waals surface area contributed by atoms with Crippen LogP contribution in [0.15, 0.2) is 46.6 Å². The van der Waals surface area contributed by atoms with Gasteiger partial charge in [-0.2, -0.15) is 11.8 Å². The number of carbonyl (C=O) groups excluding carboxylic acids is 1. The Kier molecular flexibility index (Phi) is 5.88.